The van der Waals surface area contributed by atoms with E-state index >= 15 is 0 Å². The van der Waals surface area contributed by atoms with Crippen molar-refractivity contribution in [1.29, 1.82) is 0 Å². The molecule has 2 aromatic carbocycles. The van der Waals surface area contributed by atoms with Crippen LogP contribution in [-0.2, 0) is 13.1 Å². The third kappa shape index (κ3) is 2.75. The zero-order valence-corrected chi connectivity index (χ0v) is 12.8. The molecule has 0 saturated heterocycles. The van der Waals surface area contributed by atoms with Crippen molar-refractivity contribution in [3.63, 3.8) is 0 Å². The van der Waals surface area contributed by atoms with Gasteiger partial charge in [0.2, 0.25) is 0 Å². The molecule has 0 bridgehead atoms. The maximum absolute atomic E-state index is 12.0. The Morgan fingerprint density at radius 1 is 1.00 bits per heavy atom. The molecule has 0 unspecified atom stereocenters. The van der Waals surface area contributed by atoms with Gasteiger partial charge in [0.05, 0.1) is 5.52 Å². The number of ether oxygens (including phenoxy) is 1. The minimum Gasteiger partial charge on any atom is -0.492 e. The van der Waals surface area contributed by atoms with Crippen molar-refractivity contribution in [2.45, 2.75) is 13.1 Å². The van der Waals surface area contributed by atoms with Gasteiger partial charge in [-0.15, -0.1) is 0 Å². The van der Waals surface area contributed by atoms with E-state index in [4.69, 9.17) is 9.15 Å². The fourth-order valence-electron chi connectivity index (χ4n) is 3.04. The van der Waals surface area contributed by atoms with Crippen LogP contribution in [0.3, 0.4) is 0 Å². The first-order valence-corrected chi connectivity index (χ1v) is 7.83. The molecule has 1 aromatic heterocycles. The van der Waals surface area contributed by atoms with E-state index in [1.807, 2.05) is 42.5 Å². The second-order valence-electron chi connectivity index (χ2n) is 5.72. The minimum atomic E-state index is -0.294. The highest BCUT2D eigenvalue weighted by Crippen LogP contribution is 2.22. The molecule has 0 atom stereocenters. The van der Waals surface area contributed by atoms with Gasteiger partial charge in [-0.3, -0.25) is 9.47 Å². The van der Waals surface area contributed by atoms with Gasteiger partial charge in [0.15, 0.2) is 5.58 Å². The van der Waals surface area contributed by atoms with Crippen molar-refractivity contribution in [2.75, 3.05) is 19.7 Å². The highest BCUT2D eigenvalue weighted by atomic mass is 16.5. The van der Waals surface area contributed by atoms with E-state index in [-0.39, 0.29) is 5.76 Å². The molecule has 4 rings (SSSR count). The van der Waals surface area contributed by atoms with Crippen LogP contribution in [0.25, 0.3) is 11.1 Å². The van der Waals surface area contributed by atoms with Crippen molar-refractivity contribution < 1.29 is 9.15 Å². The van der Waals surface area contributed by atoms with Gasteiger partial charge in [0.1, 0.15) is 12.4 Å². The molecule has 0 amide bonds. The fraction of sp³-hybridized carbons (Fsp3) is 0.278. The number of hydrogen-bond donors (Lipinski definition) is 0. The number of para-hydroxylation sites is 3. The Morgan fingerprint density at radius 2 is 1.83 bits per heavy atom. The monoisotopic (exact) mass is 310 g/mol. The smallest absolute Gasteiger partial charge is 0.419 e. The van der Waals surface area contributed by atoms with Crippen LogP contribution in [0.4, 0.5) is 0 Å². The molecule has 5 nitrogen and oxygen atoms in total. The van der Waals surface area contributed by atoms with Gasteiger partial charge < -0.3 is 9.15 Å². The zero-order chi connectivity index (χ0) is 15.6. The maximum atomic E-state index is 12.0. The molecule has 5 heteroatoms. The predicted octanol–water partition coefficient (Wildman–Crippen LogP) is 2.49. The first kappa shape index (κ1) is 14.1. The van der Waals surface area contributed by atoms with Gasteiger partial charge in [-0.05, 0) is 18.2 Å². The molecular formula is C18H18N2O3. The molecule has 3 aromatic rings. The summed E-state index contributed by atoms with van der Waals surface area (Å²) in [7, 11) is 0. The molecule has 23 heavy (non-hydrogen) atoms. The molecule has 2 heterocycles. The molecule has 0 N–H and O–H groups in total. The van der Waals surface area contributed by atoms with Crippen LogP contribution in [0.2, 0.25) is 0 Å². The lowest BCUT2D eigenvalue weighted by molar-refractivity contribution is 0.218. The number of rotatable bonds is 3. The lowest BCUT2D eigenvalue weighted by atomic mass is 10.2. The summed E-state index contributed by atoms with van der Waals surface area (Å²) in [5.74, 6) is 0.665. The van der Waals surface area contributed by atoms with Crippen LogP contribution in [0.1, 0.15) is 5.56 Å². The Kier molecular flexibility index (Phi) is 3.63. The van der Waals surface area contributed by atoms with Crippen LogP contribution >= 0.6 is 0 Å². The van der Waals surface area contributed by atoms with Crippen LogP contribution in [0.15, 0.2) is 57.7 Å². The summed E-state index contributed by atoms with van der Waals surface area (Å²) in [6.45, 7) is 3.73. The van der Waals surface area contributed by atoms with Crippen LogP contribution in [0.5, 0.6) is 5.75 Å². The number of hydrogen-bond acceptors (Lipinski definition) is 4. The van der Waals surface area contributed by atoms with E-state index in [0.29, 0.717) is 18.7 Å². The van der Waals surface area contributed by atoms with E-state index in [1.54, 1.807) is 4.57 Å². The normalized spacial score (nSPS) is 15.1. The molecule has 0 fully saturated rings. The first-order valence-electron chi connectivity index (χ1n) is 7.83. The molecule has 0 radical (unpaired) electrons. The summed E-state index contributed by atoms with van der Waals surface area (Å²) >= 11 is 0. The highest BCUT2D eigenvalue weighted by Gasteiger charge is 2.16. The number of nitrogens with zero attached hydrogens (tertiary/aromatic N) is 2. The summed E-state index contributed by atoms with van der Waals surface area (Å²) in [5, 5.41) is 0. The van der Waals surface area contributed by atoms with E-state index in [2.05, 4.69) is 11.0 Å². The predicted molar refractivity (Wildman–Crippen MR) is 87.7 cm³/mol. The topological polar surface area (TPSA) is 47.6 Å². The second kappa shape index (κ2) is 5.93. The first-order chi connectivity index (χ1) is 11.3. The molecule has 1 aliphatic heterocycles. The Balaban J connectivity index is 1.52. The number of benzene rings is 2. The van der Waals surface area contributed by atoms with Gasteiger partial charge in [-0.25, -0.2) is 4.79 Å². The standard InChI is InChI=1S/C18H18N2O3/c21-18-20(15-6-2-4-8-17(15)23-18)10-9-19-11-12-22-16-7-3-1-5-14(16)13-19/h1-8H,9-13H2. The maximum Gasteiger partial charge on any atom is 0.419 e. The van der Waals surface area contributed by atoms with Gasteiger partial charge in [0, 0.05) is 31.7 Å². The Labute approximate surface area is 133 Å². The van der Waals surface area contributed by atoms with Crippen molar-refractivity contribution >= 4 is 11.1 Å². The molecule has 1 aliphatic rings. The Morgan fingerprint density at radius 3 is 2.78 bits per heavy atom. The largest absolute Gasteiger partial charge is 0.492 e. The van der Waals surface area contributed by atoms with Gasteiger partial charge in [-0.2, -0.15) is 0 Å². The summed E-state index contributed by atoms with van der Waals surface area (Å²) in [6, 6.07) is 15.7. The van der Waals surface area contributed by atoms with E-state index < -0.39 is 0 Å². The van der Waals surface area contributed by atoms with Crippen molar-refractivity contribution in [2.24, 2.45) is 0 Å². The highest BCUT2D eigenvalue weighted by molar-refractivity contribution is 5.72. The third-order valence-electron chi connectivity index (χ3n) is 4.25. The van der Waals surface area contributed by atoms with Crippen molar-refractivity contribution in [1.82, 2.24) is 9.47 Å². The van der Waals surface area contributed by atoms with Crippen molar-refractivity contribution in [3.05, 3.63) is 64.6 Å². The number of fused-ring (bicyclic) bond motifs is 2. The van der Waals surface area contributed by atoms with E-state index in [0.717, 1.165) is 30.9 Å². The van der Waals surface area contributed by atoms with Gasteiger partial charge in [-0.1, -0.05) is 30.3 Å². The Hall–Kier alpha value is -2.53. The number of oxazole rings is 1. The van der Waals surface area contributed by atoms with E-state index in [9.17, 15) is 4.79 Å². The summed E-state index contributed by atoms with van der Waals surface area (Å²) in [4.78, 5) is 14.3. The summed E-state index contributed by atoms with van der Waals surface area (Å²) < 4.78 is 12.8. The lowest BCUT2D eigenvalue weighted by Gasteiger charge is -2.19. The Bertz CT molecular complexity index is 881. The van der Waals surface area contributed by atoms with Gasteiger partial charge in [0.25, 0.3) is 0 Å². The second-order valence-corrected chi connectivity index (χ2v) is 5.72. The van der Waals surface area contributed by atoms with E-state index in [1.165, 1.54) is 5.56 Å². The fourth-order valence-corrected chi connectivity index (χ4v) is 3.04. The molecule has 0 aliphatic carbocycles. The molecule has 118 valence electrons. The summed E-state index contributed by atoms with van der Waals surface area (Å²) in [5.41, 5.74) is 2.68. The van der Waals surface area contributed by atoms with Gasteiger partial charge >= 0.3 is 5.76 Å². The SMILES string of the molecule is O=c1oc2ccccc2n1CCN1CCOc2ccccc2C1. The van der Waals surface area contributed by atoms with Crippen LogP contribution in [0, 0.1) is 0 Å². The molecular weight excluding hydrogens is 292 g/mol. The number of aromatic nitrogens is 1. The van der Waals surface area contributed by atoms with Crippen LogP contribution in [-0.4, -0.2) is 29.2 Å². The molecule has 0 saturated carbocycles. The average molecular weight is 310 g/mol. The third-order valence-corrected chi connectivity index (χ3v) is 4.25. The summed E-state index contributed by atoms with van der Waals surface area (Å²) in [6.07, 6.45) is 0. The molecule has 0 spiro atoms. The zero-order valence-electron chi connectivity index (χ0n) is 12.8. The minimum absolute atomic E-state index is 0.294. The quantitative estimate of drug-likeness (QED) is 0.746. The van der Waals surface area contributed by atoms with Crippen molar-refractivity contribution in [3.8, 4) is 5.75 Å². The average Bonchev–Trinajstić information content (AvgIpc) is 2.75. The van der Waals surface area contributed by atoms with Crippen LogP contribution < -0.4 is 10.5 Å². The lowest BCUT2D eigenvalue weighted by Crippen LogP contribution is -2.31.